The fourth-order valence-corrected chi connectivity index (χ4v) is 11.9. The van der Waals surface area contributed by atoms with Crippen LogP contribution in [0, 0.1) is 17.3 Å². The molecule has 0 spiro atoms. The van der Waals surface area contributed by atoms with E-state index >= 15 is 0 Å². The zero-order valence-electron chi connectivity index (χ0n) is 53.4. The van der Waals surface area contributed by atoms with Gasteiger partial charge in [0.05, 0.1) is 29.3 Å². The third-order valence-corrected chi connectivity index (χ3v) is 17.3. The largest absolute Gasteiger partial charge is 0.389 e. The molecule has 0 aliphatic heterocycles. The molecule has 0 fully saturated rings. The Bertz CT molecular complexity index is 2020. The van der Waals surface area contributed by atoms with Gasteiger partial charge in [0, 0.05) is 0 Å². The van der Waals surface area contributed by atoms with E-state index in [0.29, 0.717) is 54.2 Å². The summed E-state index contributed by atoms with van der Waals surface area (Å²) in [5.41, 5.74) is 2.76. The van der Waals surface area contributed by atoms with Gasteiger partial charge in [-0.3, -0.25) is 0 Å². The van der Waals surface area contributed by atoms with Crippen molar-refractivity contribution in [2.45, 2.75) is 299 Å². The first-order valence-electron chi connectivity index (χ1n) is 29.7. The molecule has 0 saturated heterocycles. The first-order valence-corrected chi connectivity index (χ1v) is 32.0. The highest BCUT2D eigenvalue weighted by molar-refractivity contribution is 7.53. The molecule has 8 N–H and O–H groups in total. The predicted molar refractivity (Wildman–Crippen MR) is 332 cm³/mol. The van der Waals surface area contributed by atoms with Crippen LogP contribution < -0.4 is 0 Å². The van der Waals surface area contributed by atoms with Crippen LogP contribution >= 0.6 is 17.2 Å². The minimum atomic E-state index is -2.61. The van der Waals surface area contributed by atoms with Gasteiger partial charge in [0.2, 0.25) is 0 Å². The van der Waals surface area contributed by atoms with Gasteiger partial charge in [-0.2, -0.15) is 0 Å². The van der Waals surface area contributed by atoms with Crippen molar-refractivity contribution in [1.82, 2.24) is 0 Å². The normalized spacial score (nSPS) is 15.5. The summed E-state index contributed by atoms with van der Waals surface area (Å²) >= 11 is 0. The third kappa shape index (κ3) is 20.8. The second-order valence-electron chi connectivity index (χ2n) is 30.1. The Morgan fingerprint density at radius 2 is 0.615 bits per heavy atom. The van der Waals surface area contributed by atoms with Crippen LogP contribution in [0.2, 0.25) is 0 Å². The number of benzene rings is 3. The Morgan fingerprint density at radius 3 is 0.821 bits per heavy atom. The highest BCUT2D eigenvalue weighted by atomic mass is 31.2. The van der Waals surface area contributed by atoms with E-state index in [2.05, 4.69) is 211 Å². The van der Waals surface area contributed by atoms with Crippen LogP contribution in [0.25, 0.3) is 0 Å². The second kappa shape index (κ2) is 29.6. The van der Waals surface area contributed by atoms with E-state index in [1.165, 1.54) is 25.7 Å². The molecule has 3 atom stereocenters. The van der Waals surface area contributed by atoms with Gasteiger partial charge < -0.3 is 40.0 Å². The molecule has 0 aliphatic carbocycles. The number of aliphatic hydroxyl groups is 4. The molecular formula is C67H116O9P2. The molecule has 0 amide bonds. The molecule has 0 radical (unpaired) electrons. The molecule has 3 rings (SSSR count). The van der Waals surface area contributed by atoms with Crippen LogP contribution in [-0.4, -0.2) is 45.6 Å². The van der Waals surface area contributed by atoms with Crippen molar-refractivity contribution < 1.29 is 44.3 Å². The van der Waals surface area contributed by atoms with Crippen molar-refractivity contribution >= 4 is 17.2 Å². The number of hydrogen-bond donors (Lipinski definition) is 8. The van der Waals surface area contributed by atoms with Gasteiger partial charge in [-0.1, -0.05) is 284 Å². The summed E-state index contributed by atoms with van der Waals surface area (Å²) in [6.07, 6.45) is 8.54. The second-order valence-corrected chi connectivity index (χ2v) is 31.7. The van der Waals surface area contributed by atoms with E-state index in [-0.39, 0.29) is 16.2 Å². The highest BCUT2D eigenvalue weighted by Crippen LogP contribution is 2.64. The Hall–Kier alpha value is -1.84. The number of rotatable bonds is 25. The van der Waals surface area contributed by atoms with Crippen LogP contribution in [0.5, 0.6) is 0 Å². The van der Waals surface area contributed by atoms with E-state index < -0.39 is 62.8 Å². The van der Waals surface area contributed by atoms with Gasteiger partial charge in [-0.15, -0.1) is 0 Å². The van der Waals surface area contributed by atoms with Gasteiger partial charge in [0.25, 0.3) is 0 Å². The summed E-state index contributed by atoms with van der Waals surface area (Å²) in [5, 5.41) is 57.9. The van der Waals surface area contributed by atoms with Crippen molar-refractivity contribution in [2.24, 2.45) is 17.3 Å². The fraction of sp³-hybridized carbons (Fsp3) is 0.731. The number of aliphatic hydroxyl groups excluding tert-OH is 3. The zero-order chi connectivity index (χ0) is 60.2. The maximum atomic E-state index is 14.7. The van der Waals surface area contributed by atoms with Gasteiger partial charge in [0.15, 0.2) is 0 Å². The van der Waals surface area contributed by atoms with Gasteiger partial charge in [-0.25, -0.2) is 4.31 Å². The van der Waals surface area contributed by atoms with Crippen molar-refractivity contribution in [1.29, 1.82) is 0 Å². The molecule has 3 aromatic carbocycles. The van der Waals surface area contributed by atoms with E-state index in [0.717, 1.165) is 71.9 Å². The molecule has 0 heterocycles. The summed E-state index contributed by atoms with van der Waals surface area (Å²) in [7, 11) is -5.22. The molecule has 9 nitrogen and oxygen atoms in total. The molecule has 3 aromatic rings. The Morgan fingerprint density at radius 1 is 0.372 bits per heavy atom. The molecule has 0 saturated carbocycles. The molecule has 11 heteroatoms. The Labute approximate surface area is 479 Å². The van der Waals surface area contributed by atoms with Gasteiger partial charge in [-0.05, 0) is 107 Å². The summed E-state index contributed by atoms with van der Waals surface area (Å²) in [6, 6.07) is 19.3. The number of hydrogen-bond acceptors (Lipinski definition) is 9. The lowest BCUT2D eigenvalue weighted by molar-refractivity contribution is -0.255. The Balaban J connectivity index is 0.00000277. The summed E-state index contributed by atoms with van der Waals surface area (Å²) in [4.78, 5) is 31.3. The first kappa shape index (κ1) is 72.3. The SMILES string of the molecule is CC(C)CCCCCCCC(O)(CCCCCCCC(C)C)C(C(O)c1ccc(C(C)(C)C)cc1C(C)(C)C)(C(O)c1ccc(C(C)(C)C)cc1C(C)(C)C)C(O)c1ccc(C(C)(C)C)cc1C(C)(C)C.OP(O)OP(O)O. The summed E-state index contributed by atoms with van der Waals surface area (Å²) in [5.74, 6) is 1.33. The lowest BCUT2D eigenvalue weighted by Crippen LogP contribution is -2.59. The van der Waals surface area contributed by atoms with Gasteiger partial charge >= 0.3 is 17.2 Å². The van der Waals surface area contributed by atoms with Crippen LogP contribution in [0.3, 0.4) is 0 Å². The van der Waals surface area contributed by atoms with E-state index in [1.807, 2.05) is 0 Å². The highest BCUT2D eigenvalue weighted by Gasteiger charge is 2.65. The molecule has 0 aromatic heterocycles. The molecule has 78 heavy (non-hydrogen) atoms. The van der Waals surface area contributed by atoms with Crippen molar-refractivity contribution in [2.75, 3.05) is 0 Å². The lowest BCUT2D eigenvalue weighted by Gasteiger charge is -2.57. The molecule has 0 aliphatic rings. The van der Waals surface area contributed by atoms with Crippen LogP contribution in [0.4, 0.5) is 0 Å². The van der Waals surface area contributed by atoms with E-state index in [1.54, 1.807) is 0 Å². The monoisotopic (exact) mass is 1130 g/mol. The van der Waals surface area contributed by atoms with Crippen LogP contribution in [-0.2, 0) is 36.8 Å². The van der Waals surface area contributed by atoms with Crippen molar-refractivity contribution in [3.8, 4) is 0 Å². The third-order valence-electron chi connectivity index (χ3n) is 16.1. The van der Waals surface area contributed by atoms with E-state index in [4.69, 9.17) is 19.6 Å². The van der Waals surface area contributed by atoms with E-state index in [9.17, 15) is 20.4 Å². The molecule has 448 valence electrons. The lowest BCUT2D eigenvalue weighted by atomic mass is 9.53. The van der Waals surface area contributed by atoms with Crippen LogP contribution in [0.15, 0.2) is 54.6 Å². The van der Waals surface area contributed by atoms with Crippen LogP contribution in [0.1, 0.15) is 311 Å². The standard InChI is InChI=1S/C67H112O4.H4O5P2/c1-46(2)33-29-25-23-27-31-41-66(71,42-32-28-24-26-30-34-47(3)4)67(57(68)51-38-35-48(60(5,6)7)43-54(51)63(14,15)16,58(69)52-39-36-49(61(8,9)10)44-55(52)64(17,18)19)59(70)53-40-37-50(62(11,12)13)45-56(53)65(20,21)22;1-6(2)5-7(3)4/h35-40,43-47,57-59,68-71H,23-34,41-42H2,1-22H3;1-4H. The first-order chi connectivity index (χ1) is 35.4. The summed E-state index contributed by atoms with van der Waals surface area (Å²) in [6.45, 7) is 48.9. The summed E-state index contributed by atoms with van der Waals surface area (Å²) < 4.78 is 3.60. The fourth-order valence-electron chi connectivity index (χ4n) is 11.3. The van der Waals surface area contributed by atoms with Crippen molar-refractivity contribution in [3.05, 3.63) is 105 Å². The average Bonchev–Trinajstić information content (AvgIpc) is 3.28. The average molecular weight is 1130 g/mol. The number of unbranched alkanes of at least 4 members (excludes halogenated alkanes) is 8. The topological polar surface area (TPSA) is 171 Å². The molecular weight excluding hydrogens is 1010 g/mol. The maximum absolute atomic E-state index is 14.7. The zero-order valence-corrected chi connectivity index (χ0v) is 55.2. The molecule has 0 bridgehead atoms. The minimum absolute atomic E-state index is 0.169. The minimum Gasteiger partial charge on any atom is -0.389 e. The van der Waals surface area contributed by atoms with Gasteiger partial charge in [0.1, 0.15) is 0 Å². The molecule has 3 unspecified atom stereocenters. The predicted octanol–water partition coefficient (Wildman–Crippen LogP) is 17.9. The quantitative estimate of drug-likeness (QED) is 0.0304. The smallest absolute Gasteiger partial charge is 0.334 e. The Kier molecular flexibility index (Phi) is 27.4. The maximum Gasteiger partial charge on any atom is 0.334 e. The van der Waals surface area contributed by atoms with Crippen molar-refractivity contribution in [3.63, 3.8) is 0 Å².